The first-order valence-corrected chi connectivity index (χ1v) is 13.0. The van der Waals surface area contributed by atoms with Gasteiger partial charge in [0.2, 0.25) is 0 Å². The average Bonchev–Trinajstić information content (AvgIpc) is 3.05. The fraction of sp³-hybridized carbons (Fsp3) is 0.517. The van der Waals surface area contributed by atoms with E-state index < -0.39 is 5.41 Å². The molecule has 5 rings (SSSR count). The van der Waals surface area contributed by atoms with Crippen molar-refractivity contribution in [3.05, 3.63) is 59.7 Å². The van der Waals surface area contributed by atoms with Crippen molar-refractivity contribution in [2.24, 2.45) is 10.5 Å². The van der Waals surface area contributed by atoms with Crippen LogP contribution in [0.2, 0.25) is 0 Å². The van der Waals surface area contributed by atoms with Crippen molar-refractivity contribution in [2.75, 3.05) is 7.11 Å². The predicted molar refractivity (Wildman–Crippen MR) is 134 cm³/mol. The number of methoxy groups -OCH3 is 1. The first-order chi connectivity index (χ1) is 16.7. The molecule has 2 aliphatic carbocycles. The van der Waals surface area contributed by atoms with Gasteiger partial charge in [-0.3, -0.25) is 4.79 Å². The van der Waals surface area contributed by atoms with E-state index in [1.54, 1.807) is 7.11 Å². The molecule has 2 saturated carbocycles. The van der Waals surface area contributed by atoms with E-state index >= 15 is 0 Å². The van der Waals surface area contributed by atoms with Gasteiger partial charge in [-0.25, -0.2) is 5.01 Å². The van der Waals surface area contributed by atoms with Crippen LogP contribution >= 0.6 is 0 Å². The predicted octanol–water partition coefficient (Wildman–Crippen LogP) is 6.49. The molecule has 180 valence electrons. The highest BCUT2D eigenvalue weighted by Crippen LogP contribution is 2.47. The van der Waals surface area contributed by atoms with Crippen LogP contribution in [0.15, 0.2) is 53.6 Å². The third-order valence-electron chi connectivity index (χ3n) is 7.83. The second-order valence-corrected chi connectivity index (χ2v) is 10.0. The summed E-state index contributed by atoms with van der Waals surface area (Å²) in [6.45, 7) is 0.464. The number of benzene rings is 2. The van der Waals surface area contributed by atoms with Crippen molar-refractivity contribution in [1.29, 1.82) is 0 Å². The van der Waals surface area contributed by atoms with Crippen LogP contribution in [0, 0.1) is 5.41 Å². The third kappa shape index (κ3) is 4.45. The summed E-state index contributed by atoms with van der Waals surface area (Å²) < 4.78 is 11.8. The molecule has 1 amide bonds. The van der Waals surface area contributed by atoms with Gasteiger partial charge >= 0.3 is 0 Å². The second-order valence-electron chi connectivity index (χ2n) is 10.0. The van der Waals surface area contributed by atoms with E-state index in [2.05, 4.69) is 12.1 Å². The zero-order valence-electron chi connectivity index (χ0n) is 20.3. The fourth-order valence-electron chi connectivity index (χ4n) is 5.93. The van der Waals surface area contributed by atoms with Crippen molar-refractivity contribution in [3.8, 4) is 11.5 Å². The Labute approximate surface area is 203 Å². The largest absolute Gasteiger partial charge is 0.493 e. The average molecular weight is 461 g/mol. The minimum absolute atomic E-state index is 0.233. The number of amides is 1. The third-order valence-corrected chi connectivity index (χ3v) is 7.83. The number of carbonyl (C=O) groups excluding carboxylic acids is 1. The summed E-state index contributed by atoms with van der Waals surface area (Å²) in [5.41, 5.74) is 2.53. The molecule has 0 saturated heterocycles. The summed E-state index contributed by atoms with van der Waals surface area (Å²) in [6, 6.07) is 16.4. The van der Waals surface area contributed by atoms with Crippen molar-refractivity contribution < 1.29 is 14.3 Å². The first-order valence-electron chi connectivity index (χ1n) is 13.0. The lowest BCUT2D eigenvalue weighted by atomic mass is 9.69. The summed E-state index contributed by atoms with van der Waals surface area (Å²) in [5, 5.41) is 6.99. The van der Waals surface area contributed by atoms with E-state index in [1.807, 2.05) is 41.4 Å². The van der Waals surface area contributed by atoms with Gasteiger partial charge in [0, 0.05) is 5.56 Å². The molecule has 0 radical (unpaired) electrons. The number of nitrogens with zero attached hydrogens (tertiary/aromatic N) is 2. The van der Waals surface area contributed by atoms with Gasteiger partial charge in [0.1, 0.15) is 6.61 Å². The van der Waals surface area contributed by atoms with E-state index in [0.29, 0.717) is 18.1 Å². The Kier molecular flexibility index (Phi) is 6.89. The molecule has 5 heteroatoms. The number of carbonyl (C=O) groups is 1. The van der Waals surface area contributed by atoms with Crippen molar-refractivity contribution in [2.45, 2.75) is 83.3 Å². The number of hydrogen-bond acceptors (Lipinski definition) is 4. The highest BCUT2D eigenvalue weighted by Gasteiger charge is 2.53. The van der Waals surface area contributed by atoms with Gasteiger partial charge in [-0.1, -0.05) is 75.3 Å². The smallest absolute Gasteiger partial charge is 0.255 e. The molecule has 34 heavy (non-hydrogen) atoms. The normalized spacial score (nSPS) is 20.8. The van der Waals surface area contributed by atoms with Crippen molar-refractivity contribution in [3.63, 3.8) is 0 Å². The van der Waals surface area contributed by atoms with E-state index in [4.69, 9.17) is 14.6 Å². The second kappa shape index (κ2) is 10.2. The van der Waals surface area contributed by atoms with Gasteiger partial charge in [0.05, 0.1) is 24.3 Å². The lowest BCUT2D eigenvalue weighted by Crippen LogP contribution is -2.44. The number of hydrogen-bond donors (Lipinski definition) is 0. The monoisotopic (exact) mass is 460 g/mol. The Morgan fingerprint density at radius 1 is 0.912 bits per heavy atom. The Hall–Kier alpha value is -2.82. The summed E-state index contributed by atoms with van der Waals surface area (Å²) in [4.78, 5) is 14.0. The van der Waals surface area contributed by atoms with Gasteiger partial charge in [0.25, 0.3) is 5.91 Å². The highest BCUT2D eigenvalue weighted by molar-refractivity contribution is 6.20. The van der Waals surface area contributed by atoms with Crippen LogP contribution in [0.5, 0.6) is 11.5 Å². The van der Waals surface area contributed by atoms with Gasteiger partial charge in [-0.05, 0) is 49.4 Å². The van der Waals surface area contributed by atoms with E-state index in [-0.39, 0.29) is 11.9 Å². The Balaban J connectivity index is 1.48. The van der Waals surface area contributed by atoms with Crippen LogP contribution in [0.25, 0.3) is 0 Å². The molecule has 0 unspecified atom stereocenters. The van der Waals surface area contributed by atoms with Crippen LogP contribution in [0.4, 0.5) is 0 Å². The number of hydrazone groups is 1. The topological polar surface area (TPSA) is 51.1 Å². The van der Waals surface area contributed by atoms with Gasteiger partial charge in [-0.15, -0.1) is 0 Å². The minimum Gasteiger partial charge on any atom is -0.493 e. The van der Waals surface area contributed by atoms with E-state index in [1.165, 1.54) is 32.1 Å². The fourth-order valence-corrected chi connectivity index (χ4v) is 5.93. The zero-order valence-corrected chi connectivity index (χ0v) is 20.3. The van der Waals surface area contributed by atoms with E-state index in [0.717, 1.165) is 55.4 Å². The molecule has 5 nitrogen and oxygen atoms in total. The molecule has 1 heterocycles. The van der Waals surface area contributed by atoms with Crippen LogP contribution < -0.4 is 9.47 Å². The first kappa shape index (κ1) is 22.9. The standard InChI is InChI=1S/C29H36N2O3/c1-33-25-17-16-23(20-26(25)34-21-22-12-6-4-7-13-22)27-29(18-10-5-11-19-29)28(32)31(30-27)24-14-8-2-3-9-15-24/h4,6-7,12-13,16-17,20,24H,2-3,5,8-11,14-15,18-19,21H2,1H3. The van der Waals surface area contributed by atoms with Crippen LogP contribution in [0.3, 0.4) is 0 Å². The summed E-state index contributed by atoms with van der Waals surface area (Å²) in [5.74, 6) is 1.62. The summed E-state index contributed by atoms with van der Waals surface area (Å²) in [7, 11) is 1.66. The minimum atomic E-state index is -0.490. The maximum Gasteiger partial charge on any atom is 0.255 e. The Morgan fingerprint density at radius 3 is 2.32 bits per heavy atom. The quantitative estimate of drug-likeness (QED) is 0.463. The Morgan fingerprint density at radius 2 is 1.62 bits per heavy atom. The van der Waals surface area contributed by atoms with Gasteiger partial charge in [-0.2, -0.15) is 5.10 Å². The maximum absolute atomic E-state index is 14.0. The van der Waals surface area contributed by atoms with Crippen molar-refractivity contribution >= 4 is 11.6 Å². The zero-order chi connectivity index (χ0) is 23.4. The molecule has 3 aliphatic rings. The molecule has 0 bridgehead atoms. The SMILES string of the molecule is COc1ccc(C2=NN(C3CCCCCC3)C(=O)C23CCCCC3)cc1OCc1ccccc1. The Bertz CT molecular complexity index is 1020. The van der Waals surface area contributed by atoms with Gasteiger partial charge < -0.3 is 9.47 Å². The molecular weight excluding hydrogens is 424 g/mol. The summed E-state index contributed by atoms with van der Waals surface area (Å²) in [6.07, 6.45) is 12.2. The molecule has 2 aromatic rings. The summed E-state index contributed by atoms with van der Waals surface area (Å²) >= 11 is 0. The van der Waals surface area contributed by atoms with Crippen LogP contribution in [-0.2, 0) is 11.4 Å². The lowest BCUT2D eigenvalue weighted by molar-refractivity contribution is -0.140. The number of ether oxygens (including phenoxy) is 2. The van der Waals surface area contributed by atoms with Crippen LogP contribution in [-0.4, -0.2) is 29.8 Å². The molecular formula is C29H36N2O3. The number of rotatable bonds is 6. The molecule has 2 aromatic carbocycles. The lowest BCUT2D eigenvalue weighted by Gasteiger charge is -2.34. The van der Waals surface area contributed by atoms with Crippen LogP contribution in [0.1, 0.15) is 81.8 Å². The van der Waals surface area contributed by atoms with Crippen molar-refractivity contribution in [1.82, 2.24) is 5.01 Å². The van der Waals surface area contributed by atoms with Gasteiger partial charge in [0.15, 0.2) is 11.5 Å². The molecule has 0 N–H and O–H groups in total. The maximum atomic E-state index is 14.0. The van der Waals surface area contributed by atoms with E-state index in [9.17, 15) is 4.79 Å². The highest BCUT2D eigenvalue weighted by atomic mass is 16.5. The molecule has 2 fully saturated rings. The molecule has 1 spiro atoms. The molecule has 1 aliphatic heterocycles. The molecule has 0 aromatic heterocycles. The molecule has 0 atom stereocenters.